The molecule has 57 heavy (non-hydrogen) atoms. The molecule has 0 atom stereocenters. The highest BCUT2D eigenvalue weighted by molar-refractivity contribution is 5.89. The topological polar surface area (TPSA) is 123 Å². The van der Waals surface area contributed by atoms with Crippen LogP contribution in [0.4, 0.5) is 0 Å². The zero-order chi connectivity index (χ0) is 40.2. The van der Waals surface area contributed by atoms with Gasteiger partial charge in [-0.1, -0.05) is 140 Å². The number of ether oxygens (including phenoxy) is 2. The SMILES string of the molecule is CC(C)OCc1nc(C(C)(C)O)c(C(=O)OC(C)C)n1Cc1ccc(-c2ccccc2C2(C(c3ccccc3)(c3ccccc3)c3ccccc3)N=NN=N2)cc1. The molecule has 1 aliphatic heterocycles. The van der Waals surface area contributed by atoms with Crippen molar-refractivity contribution in [1.29, 1.82) is 0 Å². The molecule has 6 aromatic rings. The van der Waals surface area contributed by atoms with Crippen molar-refractivity contribution in [1.82, 2.24) is 9.55 Å². The Kier molecular flexibility index (Phi) is 11.1. The summed E-state index contributed by atoms with van der Waals surface area (Å²) in [6.07, 6.45) is -0.436. The summed E-state index contributed by atoms with van der Waals surface area (Å²) in [5.41, 5.74) is 3.25. The summed E-state index contributed by atoms with van der Waals surface area (Å²) in [6.45, 7) is 11.1. The van der Waals surface area contributed by atoms with Gasteiger partial charge in [-0.3, -0.25) is 0 Å². The number of aromatic nitrogens is 2. The molecule has 5 aromatic carbocycles. The van der Waals surface area contributed by atoms with E-state index in [0.717, 1.165) is 38.9 Å². The second-order valence-corrected chi connectivity index (χ2v) is 15.3. The minimum absolute atomic E-state index is 0.0715. The van der Waals surface area contributed by atoms with Crippen LogP contribution in [0, 0.1) is 0 Å². The zero-order valence-corrected chi connectivity index (χ0v) is 33.2. The fourth-order valence-electron chi connectivity index (χ4n) is 7.75. The van der Waals surface area contributed by atoms with Gasteiger partial charge < -0.3 is 19.1 Å². The van der Waals surface area contributed by atoms with Gasteiger partial charge in [0.2, 0.25) is 5.66 Å². The Morgan fingerprint density at radius 1 is 0.702 bits per heavy atom. The van der Waals surface area contributed by atoms with Crippen LogP contribution in [-0.2, 0) is 39.3 Å². The number of rotatable bonds is 14. The molecule has 0 saturated carbocycles. The van der Waals surface area contributed by atoms with Crippen LogP contribution in [0.5, 0.6) is 0 Å². The lowest BCUT2D eigenvalue weighted by Gasteiger charge is -2.45. The van der Waals surface area contributed by atoms with Gasteiger partial charge in [0.25, 0.3) is 0 Å². The van der Waals surface area contributed by atoms with Crippen molar-refractivity contribution in [3.63, 3.8) is 0 Å². The maximum Gasteiger partial charge on any atom is 0.357 e. The first-order valence-electron chi connectivity index (χ1n) is 19.3. The number of benzene rings is 5. The highest BCUT2D eigenvalue weighted by Crippen LogP contribution is 2.58. The van der Waals surface area contributed by atoms with E-state index in [0.29, 0.717) is 5.82 Å². The molecule has 2 heterocycles. The van der Waals surface area contributed by atoms with Crippen LogP contribution >= 0.6 is 0 Å². The number of carbonyl (C=O) groups is 1. The monoisotopic (exact) mass is 760 g/mol. The van der Waals surface area contributed by atoms with E-state index in [-0.39, 0.29) is 36.7 Å². The van der Waals surface area contributed by atoms with Crippen LogP contribution in [0.2, 0.25) is 0 Å². The number of hydrogen-bond donors (Lipinski definition) is 1. The summed E-state index contributed by atoms with van der Waals surface area (Å²) in [7, 11) is 0. The molecule has 10 nitrogen and oxygen atoms in total. The van der Waals surface area contributed by atoms with Crippen LogP contribution in [0.25, 0.3) is 11.1 Å². The van der Waals surface area contributed by atoms with Crippen molar-refractivity contribution in [3.8, 4) is 11.1 Å². The van der Waals surface area contributed by atoms with E-state index < -0.39 is 22.6 Å². The summed E-state index contributed by atoms with van der Waals surface area (Å²) >= 11 is 0. The van der Waals surface area contributed by atoms with Gasteiger partial charge in [-0.2, -0.15) is 0 Å². The van der Waals surface area contributed by atoms with Crippen molar-refractivity contribution >= 4 is 5.97 Å². The van der Waals surface area contributed by atoms with Gasteiger partial charge in [-0.05, 0) is 85.4 Å². The maximum atomic E-state index is 13.6. The second-order valence-electron chi connectivity index (χ2n) is 15.3. The quantitative estimate of drug-likeness (QED) is 0.0875. The fraction of sp³-hybridized carbons (Fsp3) is 0.277. The first-order valence-corrected chi connectivity index (χ1v) is 19.3. The molecule has 0 amide bonds. The average Bonchev–Trinajstić information content (AvgIpc) is 3.85. The Morgan fingerprint density at radius 3 is 1.70 bits per heavy atom. The zero-order valence-electron chi connectivity index (χ0n) is 33.2. The molecule has 290 valence electrons. The van der Waals surface area contributed by atoms with Gasteiger partial charge in [0, 0.05) is 12.1 Å². The molecule has 0 aliphatic carbocycles. The van der Waals surface area contributed by atoms with Crippen molar-refractivity contribution in [2.75, 3.05) is 0 Å². The Bertz CT molecular complexity index is 2260. The predicted molar refractivity (Wildman–Crippen MR) is 220 cm³/mol. The van der Waals surface area contributed by atoms with E-state index in [1.165, 1.54) is 0 Å². The maximum absolute atomic E-state index is 13.6. The van der Waals surface area contributed by atoms with Crippen LogP contribution in [-0.4, -0.2) is 32.8 Å². The molecule has 7 rings (SSSR count). The van der Waals surface area contributed by atoms with Gasteiger partial charge in [-0.25, -0.2) is 9.78 Å². The summed E-state index contributed by atoms with van der Waals surface area (Å²) in [4.78, 5) is 18.4. The largest absolute Gasteiger partial charge is 0.458 e. The van der Waals surface area contributed by atoms with Gasteiger partial charge in [0.05, 0.1) is 17.6 Å². The third kappa shape index (κ3) is 7.46. The number of aliphatic hydroxyl groups is 1. The van der Waals surface area contributed by atoms with Gasteiger partial charge in [0.15, 0.2) is 5.69 Å². The summed E-state index contributed by atoms with van der Waals surface area (Å²) in [5, 5.41) is 29.7. The van der Waals surface area contributed by atoms with Crippen molar-refractivity contribution < 1.29 is 19.4 Å². The van der Waals surface area contributed by atoms with E-state index in [2.05, 4.69) is 71.1 Å². The Labute approximate surface area is 334 Å². The lowest BCUT2D eigenvalue weighted by molar-refractivity contribution is 0.0333. The smallest absolute Gasteiger partial charge is 0.357 e. The number of carbonyl (C=O) groups excluding carboxylic acids is 1. The van der Waals surface area contributed by atoms with E-state index in [1.54, 1.807) is 32.3 Å². The van der Waals surface area contributed by atoms with Crippen LogP contribution in [0.1, 0.15) is 91.4 Å². The van der Waals surface area contributed by atoms with Crippen LogP contribution in [0.15, 0.2) is 160 Å². The highest BCUT2D eigenvalue weighted by Gasteiger charge is 2.60. The number of nitrogens with zero attached hydrogens (tertiary/aromatic N) is 6. The fourth-order valence-corrected chi connectivity index (χ4v) is 7.75. The lowest BCUT2D eigenvalue weighted by atomic mass is 9.59. The minimum atomic E-state index is -1.41. The second kappa shape index (κ2) is 16.2. The molecule has 1 aromatic heterocycles. The van der Waals surface area contributed by atoms with E-state index in [1.807, 2.05) is 92.7 Å². The third-order valence-electron chi connectivity index (χ3n) is 10.2. The normalized spacial score (nSPS) is 13.8. The third-order valence-corrected chi connectivity index (χ3v) is 10.2. The summed E-state index contributed by atoms with van der Waals surface area (Å²) in [6, 6.07) is 47.3. The number of imidazole rings is 1. The van der Waals surface area contributed by atoms with Gasteiger partial charge in [-0.15, -0.1) is 10.2 Å². The molecule has 1 N–H and O–H groups in total. The Hall–Kier alpha value is -6.10. The first-order chi connectivity index (χ1) is 27.5. The molecular weight excluding hydrogens is 713 g/mol. The summed E-state index contributed by atoms with van der Waals surface area (Å²) in [5.74, 6) is -0.0381. The standard InChI is InChI=1S/C47H48N6O4/c1-32(2)56-31-41-48-43(45(5,6)55)42(44(54)57-33(3)4)53(41)30-34-26-28-35(29-27-34)39-24-16-17-25-40(39)47(49-51-52-50-47)46(36-18-10-7-11-19-36,37-20-12-8-13-21-37)38-22-14-9-15-23-38/h7-29,32-33,55H,30-31H2,1-6H3. The van der Waals surface area contributed by atoms with E-state index >= 15 is 0 Å². The van der Waals surface area contributed by atoms with Crippen LogP contribution < -0.4 is 0 Å². The van der Waals surface area contributed by atoms with Crippen molar-refractivity contribution in [2.45, 2.75) is 83.6 Å². The molecule has 10 heteroatoms. The molecule has 0 spiro atoms. The van der Waals surface area contributed by atoms with Crippen LogP contribution in [0.3, 0.4) is 0 Å². The number of hydrogen-bond acceptors (Lipinski definition) is 9. The summed E-state index contributed by atoms with van der Waals surface area (Å²) < 4.78 is 13.4. The van der Waals surface area contributed by atoms with Crippen molar-refractivity contribution in [3.05, 3.63) is 185 Å². The molecule has 0 radical (unpaired) electrons. The lowest BCUT2D eigenvalue weighted by Crippen LogP contribution is -2.48. The number of esters is 1. The predicted octanol–water partition coefficient (Wildman–Crippen LogP) is 10.3. The minimum Gasteiger partial charge on any atom is -0.458 e. The van der Waals surface area contributed by atoms with E-state index in [9.17, 15) is 9.90 Å². The first kappa shape index (κ1) is 39.1. The molecule has 0 unspecified atom stereocenters. The molecular formula is C47H48N6O4. The van der Waals surface area contributed by atoms with Gasteiger partial charge in [0.1, 0.15) is 23.7 Å². The molecule has 1 aliphatic rings. The Morgan fingerprint density at radius 2 is 1.21 bits per heavy atom. The molecule has 0 saturated heterocycles. The Balaban J connectivity index is 1.37. The molecule has 0 bridgehead atoms. The average molecular weight is 761 g/mol. The highest BCUT2D eigenvalue weighted by atomic mass is 16.5. The van der Waals surface area contributed by atoms with E-state index in [4.69, 9.17) is 24.7 Å². The molecule has 0 fully saturated rings. The van der Waals surface area contributed by atoms with Crippen molar-refractivity contribution in [2.24, 2.45) is 20.7 Å². The van der Waals surface area contributed by atoms with Gasteiger partial charge >= 0.3 is 5.97 Å².